The maximum atomic E-state index is 14.4. The van der Waals surface area contributed by atoms with E-state index < -0.39 is 17.6 Å². The van der Waals surface area contributed by atoms with Gasteiger partial charge in [0.15, 0.2) is 0 Å². The van der Waals surface area contributed by atoms with Crippen molar-refractivity contribution in [3.05, 3.63) is 46.5 Å². The Balaban J connectivity index is 2.15. The van der Waals surface area contributed by atoms with Gasteiger partial charge in [0.1, 0.15) is 5.82 Å². The molecule has 1 aromatic rings. The van der Waals surface area contributed by atoms with Gasteiger partial charge in [-0.05, 0) is 37.0 Å². The number of hydrogen-bond donors (Lipinski definition) is 0. The highest BCUT2D eigenvalue weighted by Crippen LogP contribution is 2.38. The highest BCUT2D eigenvalue weighted by atomic mass is 19.4. The van der Waals surface area contributed by atoms with Crippen LogP contribution in [-0.4, -0.2) is 6.61 Å². The molecule has 0 amide bonds. The Morgan fingerprint density at radius 2 is 1.96 bits per heavy atom. The lowest BCUT2D eigenvalue weighted by Gasteiger charge is -2.25. The molecule has 1 unspecified atom stereocenters. The average Bonchev–Trinajstić information content (AvgIpc) is 2.47. The molecule has 0 fully saturated rings. The average molecular weight is 330 g/mol. The van der Waals surface area contributed by atoms with Gasteiger partial charge < -0.3 is 4.74 Å². The third kappa shape index (κ3) is 4.27. The second kappa shape index (κ2) is 7.37. The molecule has 0 N–H and O–H groups in total. The van der Waals surface area contributed by atoms with E-state index in [-0.39, 0.29) is 23.7 Å². The number of rotatable bonds is 5. The van der Waals surface area contributed by atoms with Gasteiger partial charge in [-0.3, -0.25) is 0 Å². The van der Waals surface area contributed by atoms with Gasteiger partial charge in [0.25, 0.3) is 0 Å². The van der Waals surface area contributed by atoms with Crippen LogP contribution in [0.15, 0.2) is 24.0 Å². The predicted molar refractivity (Wildman–Crippen MR) is 81.7 cm³/mol. The van der Waals surface area contributed by atoms with Crippen LogP contribution in [-0.2, 0) is 10.9 Å². The Kier molecular flexibility index (Phi) is 5.71. The van der Waals surface area contributed by atoms with Crippen LogP contribution in [0.25, 0.3) is 0 Å². The van der Waals surface area contributed by atoms with Gasteiger partial charge in [-0.15, -0.1) is 0 Å². The van der Waals surface area contributed by atoms with E-state index in [1.807, 2.05) is 6.08 Å². The molecular weight excluding hydrogens is 308 g/mol. The molecule has 0 aromatic heterocycles. The minimum atomic E-state index is -4.68. The topological polar surface area (TPSA) is 9.23 Å². The van der Waals surface area contributed by atoms with Crippen molar-refractivity contribution < 1.29 is 22.3 Å². The standard InChI is InChI=1S/C18H22F4O/c1-3-4-5-6-14-9-8-13(11-23-14)15-10-7-12(2)16(17(15)19)18(20,21)22/h7,9-10,13H,3-6,8,11H2,1-2H3. The third-order valence-corrected chi connectivity index (χ3v) is 4.23. The summed E-state index contributed by atoms with van der Waals surface area (Å²) >= 11 is 0. The SMILES string of the molecule is CCCCCC1=CCC(c2ccc(C)c(C(F)(F)F)c2F)CO1. The van der Waals surface area contributed by atoms with Crippen molar-refractivity contribution in [3.8, 4) is 0 Å². The van der Waals surface area contributed by atoms with Crippen molar-refractivity contribution in [2.75, 3.05) is 6.61 Å². The van der Waals surface area contributed by atoms with E-state index >= 15 is 0 Å². The maximum Gasteiger partial charge on any atom is 0.419 e. The molecule has 1 aliphatic heterocycles. The zero-order chi connectivity index (χ0) is 17.0. The van der Waals surface area contributed by atoms with Gasteiger partial charge in [-0.2, -0.15) is 13.2 Å². The summed E-state index contributed by atoms with van der Waals surface area (Å²) in [5.41, 5.74) is -1.16. The van der Waals surface area contributed by atoms with Crippen LogP contribution in [0.1, 0.15) is 61.6 Å². The van der Waals surface area contributed by atoms with Crippen molar-refractivity contribution in [1.29, 1.82) is 0 Å². The number of halogens is 4. The number of unbranched alkanes of at least 4 members (excludes halogenated alkanes) is 2. The summed E-state index contributed by atoms with van der Waals surface area (Å²) in [5.74, 6) is -0.654. The Morgan fingerprint density at radius 3 is 2.52 bits per heavy atom. The van der Waals surface area contributed by atoms with E-state index in [1.165, 1.54) is 19.1 Å². The normalized spacial score (nSPS) is 18.5. The molecule has 23 heavy (non-hydrogen) atoms. The quantitative estimate of drug-likeness (QED) is 0.467. The van der Waals surface area contributed by atoms with Gasteiger partial charge in [-0.25, -0.2) is 4.39 Å². The fraction of sp³-hybridized carbons (Fsp3) is 0.556. The number of aryl methyl sites for hydroxylation is 1. The Morgan fingerprint density at radius 1 is 1.22 bits per heavy atom. The lowest BCUT2D eigenvalue weighted by atomic mass is 9.90. The number of ether oxygens (including phenoxy) is 1. The Labute approximate surface area is 134 Å². The monoisotopic (exact) mass is 330 g/mol. The van der Waals surface area contributed by atoms with Crippen LogP contribution in [0.3, 0.4) is 0 Å². The van der Waals surface area contributed by atoms with E-state index in [2.05, 4.69) is 6.92 Å². The molecular formula is C18H22F4O. The van der Waals surface area contributed by atoms with E-state index in [1.54, 1.807) is 0 Å². The molecule has 0 spiro atoms. The largest absolute Gasteiger partial charge is 0.498 e. The van der Waals surface area contributed by atoms with Crippen LogP contribution in [0.4, 0.5) is 17.6 Å². The molecule has 0 saturated carbocycles. The number of hydrogen-bond acceptors (Lipinski definition) is 1. The molecule has 1 aliphatic rings. The summed E-state index contributed by atoms with van der Waals surface area (Å²) in [5, 5.41) is 0. The van der Waals surface area contributed by atoms with Crippen LogP contribution >= 0.6 is 0 Å². The van der Waals surface area contributed by atoms with Gasteiger partial charge in [0, 0.05) is 12.3 Å². The Hall–Kier alpha value is -1.52. The van der Waals surface area contributed by atoms with Crippen molar-refractivity contribution >= 4 is 0 Å². The van der Waals surface area contributed by atoms with Crippen LogP contribution in [0.5, 0.6) is 0 Å². The molecule has 128 valence electrons. The van der Waals surface area contributed by atoms with E-state index in [9.17, 15) is 17.6 Å². The van der Waals surface area contributed by atoms with Gasteiger partial charge >= 0.3 is 6.18 Å². The minimum Gasteiger partial charge on any atom is -0.498 e. The second-order valence-corrected chi connectivity index (χ2v) is 6.03. The van der Waals surface area contributed by atoms with Gasteiger partial charge in [0.05, 0.1) is 17.9 Å². The third-order valence-electron chi connectivity index (χ3n) is 4.23. The maximum absolute atomic E-state index is 14.4. The first kappa shape index (κ1) is 17.8. The molecule has 1 nitrogen and oxygen atoms in total. The first-order valence-electron chi connectivity index (χ1n) is 8.02. The zero-order valence-electron chi connectivity index (χ0n) is 13.5. The van der Waals surface area contributed by atoms with Gasteiger partial charge in [0.2, 0.25) is 0 Å². The molecule has 1 heterocycles. The fourth-order valence-electron chi connectivity index (χ4n) is 2.90. The summed E-state index contributed by atoms with van der Waals surface area (Å²) in [6.07, 6.45) is 1.82. The van der Waals surface area contributed by atoms with E-state index in [4.69, 9.17) is 4.74 Å². The summed E-state index contributed by atoms with van der Waals surface area (Å²) < 4.78 is 59.0. The lowest BCUT2D eigenvalue weighted by molar-refractivity contribution is -0.140. The van der Waals surface area contributed by atoms with E-state index in [0.717, 1.165) is 31.4 Å². The number of alkyl halides is 3. The molecule has 0 saturated heterocycles. The van der Waals surface area contributed by atoms with Crippen LogP contribution in [0, 0.1) is 12.7 Å². The summed E-state index contributed by atoms with van der Waals surface area (Å²) in [4.78, 5) is 0. The zero-order valence-corrected chi connectivity index (χ0v) is 13.5. The molecule has 2 rings (SSSR count). The number of benzene rings is 1. The minimum absolute atomic E-state index is 0.0896. The van der Waals surface area contributed by atoms with Crippen molar-refractivity contribution in [1.82, 2.24) is 0 Å². The smallest absolute Gasteiger partial charge is 0.419 e. The molecule has 0 aliphatic carbocycles. The molecule has 1 aromatic carbocycles. The Bertz CT molecular complexity index is 575. The van der Waals surface area contributed by atoms with Crippen molar-refractivity contribution in [2.24, 2.45) is 0 Å². The highest BCUT2D eigenvalue weighted by molar-refractivity contribution is 5.37. The number of allylic oxidation sites excluding steroid dienone is 2. The van der Waals surface area contributed by atoms with Crippen molar-refractivity contribution in [2.45, 2.75) is 58.0 Å². The fourth-order valence-corrected chi connectivity index (χ4v) is 2.90. The summed E-state index contributed by atoms with van der Waals surface area (Å²) in [6.45, 7) is 3.62. The predicted octanol–water partition coefficient (Wildman–Crippen LogP) is 6.12. The second-order valence-electron chi connectivity index (χ2n) is 6.03. The van der Waals surface area contributed by atoms with E-state index in [0.29, 0.717) is 6.42 Å². The van der Waals surface area contributed by atoms with Crippen LogP contribution < -0.4 is 0 Å². The summed E-state index contributed by atoms with van der Waals surface area (Å²) in [6, 6.07) is 2.78. The molecule has 5 heteroatoms. The van der Waals surface area contributed by atoms with Gasteiger partial charge in [-0.1, -0.05) is 31.9 Å². The van der Waals surface area contributed by atoms with Crippen LogP contribution in [0.2, 0.25) is 0 Å². The summed E-state index contributed by atoms with van der Waals surface area (Å²) in [7, 11) is 0. The highest BCUT2D eigenvalue weighted by Gasteiger charge is 2.37. The molecule has 0 radical (unpaired) electrons. The lowest BCUT2D eigenvalue weighted by Crippen LogP contribution is -2.18. The molecule has 0 bridgehead atoms. The first-order chi connectivity index (χ1) is 10.8. The first-order valence-corrected chi connectivity index (χ1v) is 8.02. The molecule has 1 atom stereocenters. The van der Waals surface area contributed by atoms with Crippen molar-refractivity contribution in [3.63, 3.8) is 0 Å².